The Hall–Kier alpha value is -1.12. The Balaban J connectivity index is 1.99. The molecule has 1 aromatic rings. The summed E-state index contributed by atoms with van der Waals surface area (Å²) in [7, 11) is 0. The molecule has 1 heterocycles. The van der Waals surface area contributed by atoms with E-state index in [4.69, 9.17) is 5.11 Å². The lowest BCUT2D eigenvalue weighted by Crippen LogP contribution is -2.47. The number of aliphatic hydroxyl groups is 4. The predicted molar refractivity (Wildman–Crippen MR) is 77.3 cm³/mol. The summed E-state index contributed by atoms with van der Waals surface area (Å²) in [5.41, 5.74) is 4.79. The molecule has 5 N–H and O–H groups in total. The van der Waals surface area contributed by atoms with Crippen molar-refractivity contribution in [3.63, 3.8) is 0 Å². The number of hydrogen-bond donors (Lipinski definition) is 5. The van der Waals surface area contributed by atoms with Gasteiger partial charge >= 0.3 is 0 Å². The lowest BCUT2D eigenvalue weighted by molar-refractivity contribution is -0.0779. The number of hydrazone groups is 1. The van der Waals surface area contributed by atoms with E-state index in [0.717, 1.165) is 11.1 Å². The lowest BCUT2D eigenvalue weighted by atomic mass is 10.1. The van der Waals surface area contributed by atoms with Gasteiger partial charge in [0.25, 0.3) is 0 Å². The molecular formula is C13H18N2O4S. The third kappa shape index (κ3) is 3.31. The van der Waals surface area contributed by atoms with Crippen molar-refractivity contribution in [3.05, 3.63) is 35.4 Å². The smallest absolute Gasteiger partial charge is 0.125 e. The van der Waals surface area contributed by atoms with Crippen molar-refractivity contribution in [1.29, 1.82) is 0 Å². The molecule has 20 heavy (non-hydrogen) atoms. The summed E-state index contributed by atoms with van der Waals surface area (Å²) in [5.74, 6) is 0. The normalized spacial score (nSPS) is 22.9. The summed E-state index contributed by atoms with van der Waals surface area (Å²) in [5, 5.41) is 42.0. The average Bonchev–Trinajstić information content (AvgIpc) is 2.95. The van der Waals surface area contributed by atoms with Gasteiger partial charge in [-0.3, -0.25) is 5.43 Å². The maximum Gasteiger partial charge on any atom is 0.125 e. The van der Waals surface area contributed by atoms with E-state index >= 15 is 0 Å². The minimum atomic E-state index is -1.43. The lowest BCUT2D eigenvalue weighted by Gasteiger charge is -2.25. The molecule has 0 bridgehead atoms. The number of rotatable bonds is 5. The van der Waals surface area contributed by atoms with Crippen molar-refractivity contribution in [3.8, 4) is 0 Å². The minimum Gasteiger partial charge on any atom is -0.394 e. The Bertz CT molecular complexity index is 480. The number of nitrogens with one attached hydrogen (secondary N) is 1. The van der Waals surface area contributed by atoms with Gasteiger partial charge in [-0.1, -0.05) is 41.6 Å². The molecule has 0 saturated carbocycles. The first-order valence-electron chi connectivity index (χ1n) is 6.25. The van der Waals surface area contributed by atoms with Gasteiger partial charge in [-0.05, 0) is 6.92 Å². The second-order valence-electron chi connectivity index (χ2n) is 4.68. The first-order chi connectivity index (χ1) is 9.52. The van der Waals surface area contributed by atoms with Crippen LogP contribution < -0.4 is 5.43 Å². The van der Waals surface area contributed by atoms with Crippen LogP contribution in [0.1, 0.15) is 11.1 Å². The van der Waals surface area contributed by atoms with Crippen LogP contribution in [0.2, 0.25) is 0 Å². The number of aryl methyl sites for hydroxylation is 1. The summed E-state index contributed by atoms with van der Waals surface area (Å²) in [6.07, 6.45) is -4.05. The van der Waals surface area contributed by atoms with Crippen LogP contribution in [0.25, 0.3) is 0 Å². The number of aliphatic hydroxyl groups excluding tert-OH is 4. The summed E-state index contributed by atoms with van der Waals surface area (Å²) in [6, 6.07) is 7.78. The first kappa shape index (κ1) is 15.3. The third-order valence-electron chi connectivity index (χ3n) is 3.07. The van der Waals surface area contributed by atoms with Gasteiger partial charge in [-0.15, -0.1) is 0 Å². The Morgan fingerprint density at radius 3 is 2.50 bits per heavy atom. The molecule has 0 saturated heterocycles. The second kappa shape index (κ2) is 6.55. The first-order valence-corrected chi connectivity index (χ1v) is 7.13. The van der Waals surface area contributed by atoms with E-state index in [1.807, 2.05) is 31.2 Å². The van der Waals surface area contributed by atoms with E-state index in [1.165, 1.54) is 11.8 Å². The van der Waals surface area contributed by atoms with Gasteiger partial charge < -0.3 is 20.4 Å². The van der Waals surface area contributed by atoms with E-state index in [1.54, 1.807) is 0 Å². The zero-order valence-corrected chi connectivity index (χ0v) is 11.8. The van der Waals surface area contributed by atoms with Crippen LogP contribution in [-0.2, 0) is 0 Å². The maximum absolute atomic E-state index is 9.95. The zero-order valence-electron chi connectivity index (χ0n) is 11.0. The van der Waals surface area contributed by atoms with Gasteiger partial charge in [-0.2, -0.15) is 5.10 Å². The molecule has 0 aliphatic carbocycles. The van der Waals surface area contributed by atoms with E-state index < -0.39 is 30.3 Å². The summed E-state index contributed by atoms with van der Waals surface area (Å²) in [4.78, 5) is 0. The van der Waals surface area contributed by atoms with Crippen molar-refractivity contribution < 1.29 is 20.4 Å². The van der Waals surface area contributed by atoms with Gasteiger partial charge in [0, 0.05) is 5.56 Å². The van der Waals surface area contributed by atoms with Gasteiger partial charge in [-0.25, -0.2) is 0 Å². The molecule has 1 aliphatic rings. The number of benzene rings is 1. The Labute approximate surface area is 121 Å². The van der Waals surface area contributed by atoms with Crippen LogP contribution in [0.15, 0.2) is 29.4 Å². The fraction of sp³-hybridized carbons (Fsp3) is 0.462. The maximum atomic E-state index is 9.95. The number of hydrogen-bond acceptors (Lipinski definition) is 7. The highest BCUT2D eigenvalue weighted by Gasteiger charge is 2.35. The fourth-order valence-electron chi connectivity index (χ4n) is 1.78. The molecule has 0 aromatic heterocycles. The molecule has 0 radical (unpaired) electrons. The number of thioether (sulfide) groups is 1. The molecule has 0 unspecified atom stereocenters. The van der Waals surface area contributed by atoms with Crippen LogP contribution >= 0.6 is 11.8 Å². The van der Waals surface area contributed by atoms with Crippen molar-refractivity contribution in [2.75, 3.05) is 6.61 Å². The standard InChI is InChI=1S/C13H18N2O4S/c1-7-2-4-8(5-3-7)12-14-15-13(20-12)11(19)10(18)9(17)6-16/h2-5,9-11,13,15-19H,6H2,1H3/t9-,10-,11-,13-/m1/s1. The van der Waals surface area contributed by atoms with Gasteiger partial charge in [0.05, 0.1) is 6.61 Å². The van der Waals surface area contributed by atoms with E-state index in [9.17, 15) is 15.3 Å². The molecule has 0 spiro atoms. The largest absolute Gasteiger partial charge is 0.394 e. The van der Waals surface area contributed by atoms with Crippen LogP contribution in [0.3, 0.4) is 0 Å². The molecule has 1 aliphatic heterocycles. The molecule has 1 aromatic carbocycles. The summed E-state index contributed by atoms with van der Waals surface area (Å²) in [6.45, 7) is 1.38. The zero-order chi connectivity index (χ0) is 14.7. The fourth-order valence-corrected chi connectivity index (χ4v) is 2.81. The van der Waals surface area contributed by atoms with Crippen LogP contribution in [0.4, 0.5) is 0 Å². The Kier molecular flexibility index (Phi) is 5.00. The molecule has 0 amide bonds. The molecule has 4 atom stereocenters. The Morgan fingerprint density at radius 1 is 1.25 bits per heavy atom. The molecular weight excluding hydrogens is 280 g/mol. The van der Waals surface area contributed by atoms with Crippen LogP contribution in [0.5, 0.6) is 0 Å². The number of nitrogens with zero attached hydrogens (tertiary/aromatic N) is 1. The van der Waals surface area contributed by atoms with Crippen LogP contribution in [0, 0.1) is 6.92 Å². The minimum absolute atomic E-state index is 0.567. The molecule has 110 valence electrons. The highest BCUT2D eigenvalue weighted by Crippen LogP contribution is 2.26. The summed E-state index contributed by atoms with van der Waals surface area (Å²) < 4.78 is 0. The topological polar surface area (TPSA) is 105 Å². The second-order valence-corrected chi connectivity index (χ2v) is 5.81. The van der Waals surface area contributed by atoms with Crippen molar-refractivity contribution >= 4 is 16.8 Å². The average molecular weight is 298 g/mol. The quantitative estimate of drug-likeness (QED) is 0.497. The summed E-state index contributed by atoms with van der Waals surface area (Å²) >= 11 is 1.27. The predicted octanol–water partition coefficient (Wildman–Crippen LogP) is -0.606. The SMILES string of the molecule is Cc1ccc(C2=NN[C@@H]([C@H](O)[C@H](O)[C@H](O)CO)S2)cc1. The molecule has 0 fully saturated rings. The van der Waals surface area contributed by atoms with Gasteiger partial charge in [0.2, 0.25) is 0 Å². The van der Waals surface area contributed by atoms with E-state index in [-0.39, 0.29) is 0 Å². The Morgan fingerprint density at radius 2 is 1.90 bits per heavy atom. The van der Waals surface area contributed by atoms with Crippen molar-refractivity contribution in [2.45, 2.75) is 30.6 Å². The highest BCUT2D eigenvalue weighted by atomic mass is 32.2. The molecule has 6 nitrogen and oxygen atoms in total. The van der Waals surface area contributed by atoms with Crippen molar-refractivity contribution in [1.82, 2.24) is 5.43 Å². The monoisotopic (exact) mass is 298 g/mol. The highest BCUT2D eigenvalue weighted by molar-refractivity contribution is 8.15. The van der Waals surface area contributed by atoms with Crippen molar-refractivity contribution in [2.24, 2.45) is 5.10 Å². The van der Waals surface area contributed by atoms with Crippen LogP contribution in [-0.4, -0.2) is 55.8 Å². The van der Waals surface area contributed by atoms with E-state index in [0.29, 0.717) is 5.04 Å². The third-order valence-corrected chi connectivity index (χ3v) is 4.26. The van der Waals surface area contributed by atoms with E-state index in [2.05, 4.69) is 10.5 Å². The van der Waals surface area contributed by atoms with Gasteiger partial charge in [0.15, 0.2) is 0 Å². The van der Waals surface area contributed by atoms with Gasteiger partial charge in [0.1, 0.15) is 28.7 Å². The molecule has 2 rings (SSSR count). The molecule has 7 heteroatoms.